The van der Waals surface area contributed by atoms with Gasteiger partial charge in [-0.2, -0.15) is 0 Å². The van der Waals surface area contributed by atoms with Crippen molar-refractivity contribution in [3.63, 3.8) is 0 Å². The predicted molar refractivity (Wildman–Crippen MR) is 70.4 cm³/mol. The highest BCUT2D eigenvalue weighted by Crippen LogP contribution is 2.31. The fourth-order valence-electron chi connectivity index (χ4n) is 2.37. The molecule has 0 bridgehead atoms. The molecular weight excluding hydrogens is 244 g/mol. The van der Waals surface area contributed by atoms with Crippen LogP contribution in [0.15, 0.2) is 24.3 Å². The van der Waals surface area contributed by atoms with Gasteiger partial charge in [0.05, 0.1) is 0 Å². The molecule has 1 atom stereocenters. The van der Waals surface area contributed by atoms with Gasteiger partial charge in [0, 0.05) is 26.2 Å². The number of benzene rings is 1. The summed E-state index contributed by atoms with van der Waals surface area (Å²) >= 11 is 0. The standard InChI is InChI=1S/C14H18N2O3/c1-15-6-8-16(9-7-15)14(17)13-10-18-11-4-2-3-5-12(11)19-13/h2-5,13H,6-10H2,1H3. The molecule has 1 saturated heterocycles. The highest BCUT2D eigenvalue weighted by molar-refractivity contribution is 5.82. The van der Waals surface area contributed by atoms with E-state index in [2.05, 4.69) is 11.9 Å². The molecule has 1 aromatic rings. The highest BCUT2D eigenvalue weighted by atomic mass is 16.6. The number of hydrogen-bond donors (Lipinski definition) is 0. The third kappa shape index (κ3) is 2.51. The van der Waals surface area contributed by atoms with Gasteiger partial charge in [-0.05, 0) is 19.2 Å². The van der Waals surface area contributed by atoms with Crippen molar-refractivity contribution in [1.29, 1.82) is 0 Å². The van der Waals surface area contributed by atoms with Crippen molar-refractivity contribution in [2.45, 2.75) is 6.10 Å². The molecule has 2 aliphatic heterocycles. The van der Waals surface area contributed by atoms with E-state index in [4.69, 9.17) is 9.47 Å². The number of rotatable bonds is 1. The third-order valence-corrected chi connectivity index (χ3v) is 3.60. The lowest BCUT2D eigenvalue weighted by Gasteiger charge is -2.35. The van der Waals surface area contributed by atoms with Gasteiger partial charge < -0.3 is 19.3 Å². The summed E-state index contributed by atoms with van der Waals surface area (Å²) in [6, 6.07) is 7.46. The molecule has 2 aliphatic rings. The molecule has 0 N–H and O–H groups in total. The Labute approximate surface area is 112 Å². The molecule has 5 nitrogen and oxygen atoms in total. The van der Waals surface area contributed by atoms with Crippen LogP contribution in [0.5, 0.6) is 11.5 Å². The van der Waals surface area contributed by atoms with Gasteiger partial charge in [0.2, 0.25) is 6.10 Å². The average molecular weight is 262 g/mol. The summed E-state index contributed by atoms with van der Waals surface area (Å²) in [4.78, 5) is 16.5. The number of likely N-dealkylation sites (N-methyl/N-ethyl adjacent to an activating group) is 1. The van der Waals surface area contributed by atoms with Gasteiger partial charge in [-0.15, -0.1) is 0 Å². The lowest BCUT2D eigenvalue weighted by molar-refractivity contribution is -0.142. The zero-order valence-corrected chi connectivity index (χ0v) is 11.0. The van der Waals surface area contributed by atoms with E-state index in [1.807, 2.05) is 29.2 Å². The Morgan fingerprint density at radius 3 is 2.58 bits per heavy atom. The Kier molecular flexibility index (Phi) is 3.29. The zero-order valence-electron chi connectivity index (χ0n) is 11.0. The Morgan fingerprint density at radius 2 is 1.84 bits per heavy atom. The van der Waals surface area contributed by atoms with E-state index >= 15 is 0 Å². The van der Waals surface area contributed by atoms with E-state index in [0.29, 0.717) is 18.1 Å². The van der Waals surface area contributed by atoms with Crippen LogP contribution < -0.4 is 9.47 Å². The first-order chi connectivity index (χ1) is 9.24. The lowest BCUT2D eigenvalue weighted by atomic mass is 10.2. The smallest absolute Gasteiger partial charge is 0.267 e. The molecule has 102 valence electrons. The quantitative estimate of drug-likeness (QED) is 0.743. The second-order valence-corrected chi connectivity index (χ2v) is 4.99. The number of nitrogens with zero attached hydrogens (tertiary/aromatic N) is 2. The van der Waals surface area contributed by atoms with Crippen LogP contribution >= 0.6 is 0 Å². The van der Waals surface area contributed by atoms with Crippen molar-refractivity contribution in [2.75, 3.05) is 39.8 Å². The number of ether oxygens (including phenoxy) is 2. The van der Waals surface area contributed by atoms with Crippen LogP contribution in [-0.2, 0) is 4.79 Å². The minimum absolute atomic E-state index is 0.0302. The van der Waals surface area contributed by atoms with Crippen molar-refractivity contribution in [3.05, 3.63) is 24.3 Å². The molecule has 1 unspecified atom stereocenters. The van der Waals surface area contributed by atoms with Crippen LogP contribution in [0.2, 0.25) is 0 Å². The molecule has 0 spiro atoms. The van der Waals surface area contributed by atoms with E-state index < -0.39 is 6.10 Å². The largest absolute Gasteiger partial charge is 0.485 e. The molecule has 1 fully saturated rings. The van der Waals surface area contributed by atoms with Crippen molar-refractivity contribution in [3.8, 4) is 11.5 Å². The van der Waals surface area contributed by atoms with E-state index in [1.54, 1.807) is 0 Å². The van der Waals surface area contributed by atoms with Crippen LogP contribution in [0.1, 0.15) is 0 Å². The van der Waals surface area contributed by atoms with Gasteiger partial charge in [0.1, 0.15) is 6.61 Å². The number of para-hydroxylation sites is 2. The molecular formula is C14H18N2O3. The molecule has 0 saturated carbocycles. The first kappa shape index (κ1) is 12.3. The molecule has 0 aromatic heterocycles. The van der Waals surface area contributed by atoms with Gasteiger partial charge in [-0.1, -0.05) is 12.1 Å². The number of piperazine rings is 1. The maximum absolute atomic E-state index is 12.4. The van der Waals surface area contributed by atoms with E-state index in [9.17, 15) is 4.79 Å². The van der Waals surface area contributed by atoms with Gasteiger partial charge in [-0.25, -0.2) is 0 Å². The van der Waals surface area contributed by atoms with Gasteiger partial charge >= 0.3 is 0 Å². The summed E-state index contributed by atoms with van der Waals surface area (Å²) in [7, 11) is 2.07. The van der Waals surface area contributed by atoms with E-state index in [1.165, 1.54) is 0 Å². The molecule has 1 aromatic carbocycles. The minimum atomic E-state index is -0.515. The van der Waals surface area contributed by atoms with Crippen LogP contribution in [0.4, 0.5) is 0 Å². The summed E-state index contributed by atoms with van der Waals surface area (Å²) < 4.78 is 11.3. The van der Waals surface area contributed by atoms with Crippen LogP contribution in [-0.4, -0.2) is 61.6 Å². The van der Waals surface area contributed by atoms with E-state index in [0.717, 1.165) is 26.2 Å². The number of carbonyl (C=O) groups excluding carboxylic acids is 1. The van der Waals surface area contributed by atoms with Crippen molar-refractivity contribution in [1.82, 2.24) is 9.80 Å². The maximum atomic E-state index is 12.4. The number of carbonyl (C=O) groups is 1. The van der Waals surface area contributed by atoms with Crippen LogP contribution in [0, 0.1) is 0 Å². The summed E-state index contributed by atoms with van der Waals surface area (Å²) in [5.74, 6) is 1.40. The SMILES string of the molecule is CN1CCN(C(=O)C2COc3ccccc3O2)CC1. The Morgan fingerprint density at radius 1 is 1.16 bits per heavy atom. The van der Waals surface area contributed by atoms with Crippen molar-refractivity contribution < 1.29 is 14.3 Å². The molecule has 3 rings (SSSR count). The fourth-order valence-corrected chi connectivity index (χ4v) is 2.37. The Balaban J connectivity index is 1.66. The molecule has 1 amide bonds. The molecule has 5 heteroatoms. The predicted octanol–water partition coefficient (Wildman–Crippen LogP) is 0.600. The third-order valence-electron chi connectivity index (χ3n) is 3.60. The second kappa shape index (κ2) is 5.09. The minimum Gasteiger partial charge on any atom is -0.485 e. The Bertz CT molecular complexity index is 470. The number of amides is 1. The lowest BCUT2D eigenvalue weighted by Crippen LogP contribution is -2.53. The average Bonchev–Trinajstić information content (AvgIpc) is 2.47. The Hall–Kier alpha value is -1.75. The summed E-state index contributed by atoms with van der Waals surface area (Å²) in [5.41, 5.74) is 0. The number of fused-ring (bicyclic) bond motifs is 1. The second-order valence-electron chi connectivity index (χ2n) is 4.99. The summed E-state index contributed by atoms with van der Waals surface area (Å²) in [6.45, 7) is 3.64. The molecule has 0 radical (unpaired) electrons. The maximum Gasteiger partial charge on any atom is 0.267 e. The van der Waals surface area contributed by atoms with Crippen LogP contribution in [0.25, 0.3) is 0 Å². The topological polar surface area (TPSA) is 42.0 Å². The summed E-state index contributed by atoms with van der Waals surface area (Å²) in [6.07, 6.45) is -0.515. The van der Waals surface area contributed by atoms with Gasteiger partial charge in [0.25, 0.3) is 5.91 Å². The highest BCUT2D eigenvalue weighted by Gasteiger charge is 2.32. The first-order valence-corrected chi connectivity index (χ1v) is 6.60. The molecule has 19 heavy (non-hydrogen) atoms. The monoisotopic (exact) mass is 262 g/mol. The number of hydrogen-bond acceptors (Lipinski definition) is 4. The first-order valence-electron chi connectivity index (χ1n) is 6.60. The van der Waals surface area contributed by atoms with Crippen LogP contribution in [0.3, 0.4) is 0 Å². The molecule has 2 heterocycles. The normalized spacial score (nSPS) is 23.2. The van der Waals surface area contributed by atoms with Gasteiger partial charge in [0.15, 0.2) is 11.5 Å². The fraction of sp³-hybridized carbons (Fsp3) is 0.500. The molecule has 0 aliphatic carbocycles. The van der Waals surface area contributed by atoms with Crippen molar-refractivity contribution >= 4 is 5.91 Å². The zero-order chi connectivity index (χ0) is 13.2. The summed E-state index contributed by atoms with van der Waals surface area (Å²) in [5, 5.41) is 0. The van der Waals surface area contributed by atoms with Crippen molar-refractivity contribution in [2.24, 2.45) is 0 Å². The van der Waals surface area contributed by atoms with E-state index in [-0.39, 0.29) is 5.91 Å². The van der Waals surface area contributed by atoms with Gasteiger partial charge in [-0.3, -0.25) is 4.79 Å².